The number of nitrogens with zero attached hydrogens (tertiary/aromatic N) is 2. The molecule has 216 valence electrons. The number of amides is 4. The maximum absolute atomic E-state index is 13.8. The Kier molecular flexibility index (Phi) is 7.47. The standard InChI is InChI=1S/C36H27N3O5/c1-23-13-17-29(18-14-23)39-34(41)30(33(40)37-36(39)43)21-27-22-31(24-9-5-3-6-10-24)38(32(27)25-11-7-4-8-12-25)28-19-15-26(16-20-28)35(42)44-2/h3-22H,1-2H3,(H,37,40,43). The summed E-state index contributed by atoms with van der Waals surface area (Å²) in [4.78, 5) is 52.9. The molecular weight excluding hydrogens is 554 g/mol. The number of imide groups is 2. The Labute approximate surface area is 253 Å². The number of hydrogen-bond donors (Lipinski definition) is 1. The number of anilines is 1. The molecule has 0 aliphatic carbocycles. The number of rotatable bonds is 6. The lowest BCUT2D eigenvalue weighted by atomic mass is 10.0. The third-order valence-electron chi connectivity index (χ3n) is 7.39. The monoisotopic (exact) mass is 581 g/mol. The topological polar surface area (TPSA) is 97.7 Å². The second-order valence-corrected chi connectivity index (χ2v) is 10.2. The van der Waals surface area contributed by atoms with Gasteiger partial charge in [0, 0.05) is 11.3 Å². The van der Waals surface area contributed by atoms with Gasteiger partial charge >= 0.3 is 12.0 Å². The van der Waals surface area contributed by atoms with Gasteiger partial charge < -0.3 is 9.30 Å². The molecule has 8 heteroatoms. The van der Waals surface area contributed by atoms with E-state index in [-0.39, 0.29) is 5.57 Å². The minimum Gasteiger partial charge on any atom is -0.465 e. The highest BCUT2D eigenvalue weighted by Gasteiger charge is 2.37. The van der Waals surface area contributed by atoms with Crippen molar-refractivity contribution >= 4 is 35.6 Å². The molecule has 0 atom stereocenters. The van der Waals surface area contributed by atoms with E-state index in [0.717, 1.165) is 33.0 Å². The van der Waals surface area contributed by atoms with Crippen LogP contribution in [0.4, 0.5) is 10.5 Å². The summed E-state index contributed by atoms with van der Waals surface area (Å²) in [5, 5.41) is 2.32. The van der Waals surface area contributed by atoms with Gasteiger partial charge in [-0.1, -0.05) is 78.4 Å². The van der Waals surface area contributed by atoms with E-state index >= 15 is 0 Å². The quantitative estimate of drug-likeness (QED) is 0.139. The molecule has 0 radical (unpaired) electrons. The minimum atomic E-state index is -0.808. The lowest BCUT2D eigenvalue weighted by Crippen LogP contribution is -2.54. The number of aromatic nitrogens is 1. The molecule has 1 N–H and O–H groups in total. The molecule has 0 bridgehead atoms. The summed E-state index contributed by atoms with van der Waals surface area (Å²) in [7, 11) is 1.33. The number of methoxy groups -OCH3 is 1. The number of esters is 1. The maximum atomic E-state index is 13.8. The fourth-order valence-electron chi connectivity index (χ4n) is 5.23. The van der Waals surface area contributed by atoms with Gasteiger partial charge in [0.1, 0.15) is 5.57 Å². The van der Waals surface area contributed by atoms with Crippen molar-refractivity contribution in [2.24, 2.45) is 0 Å². The summed E-state index contributed by atoms with van der Waals surface area (Å²) < 4.78 is 6.90. The van der Waals surface area contributed by atoms with Gasteiger partial charge in [-0.05, 0) is 66.6 Å². The van der Waals surface area contributed by atoms with Crippen molar-refractivity contribution in [3.63, 3.8) is 0 Å². The summed E-state index contributed by atoms with van der Waals surface area (Å²) in [6.07, 6.45) is 1.53. The molecule has 2 heterocycles. The second-order valence-electron chi connectivity index (χ2n) is 10.2. The normalized spacial score (nSPS) is 14.1. The highest BCUT2D eigenvalue weighted by molar-refractivity contribution is 6.39. The molecule has 1 aliphatic rings. The Morgan fingerprint density at radius 2 is 1.34 bits per heavy atom. The average molecular weight is 582 g/mol. The van der Waals surface area contributed by atoms with Crippen molar-refractivity contribution in [1.82, 2.24) is 9.88 Å². The van der Waals surface area contributed by atoms with E-state index in [4.69, 9.17) is 4.74 Å². The number of hydrogen-bond acceptors (Lipinski definition) is 5. The number of nitrogens with one attached hydrogen (secondary N) is 1. The van der Waals surface area contributed by atoms with Crippen LogP contribution in [-0.4, -0.2) is 35.5 Å². The molecule has 44 heavy (non-hydrogen) atoms. The van der Waals surface area contributed by atoms with Crippen molar-refractivity contribution < 1.29 is 23.9 Å². The Bertz CT molecular complexity index is 1920. The Hall–Kier alpha value is -6.02. The molecule has 1 saturated heterocycles. The van der Waals surface area contributed by atoms with E-state index in [1.54, 1.807) is 36.4 Å². The Morgan fingerprint density at radius 3 is 1.95 bits per heavy atom. The molecule has 1 aromatic heterocycles. The van der Waals surface area contributed by atoms with E-state index in [2.05, 4.69) is 5.32 Å². The number of benzene rings is 4. The van der Waals surface area contributed by atoms with Crippen LogP contribution in [0.15, 0.2) is 121 Å². The van der Waals surface area contributed by atoms with Gasteiger partial charge in [0.25, 0.3) is 11.8 Å². The van der Waals surface area contributed by atoms with Crippen LogP contribution in [0.1, 0.15) is 21.5 Å². The first-order valence-electron chi connectivity index (χ1n) is 13.9. The SMILES string of the molecule is COC(=O)c1ccc(-n2c(-c3ccccc3)cc(C=C3C(=O)NC(=O)N(c4ccc(C)cc4)C3=O)c2-c2ccccc2)cc1. The molecular formula is C36H27N3O5. The number of carbonyl (C=O) groups is 4. The number of urea groups is 1. The van der Waals surface area contributed by atoms with Crippen LogP contribution < -0.4 is 10.2 Å². The highest BCUT2D eigenvalue weighted by Crippen LogP contribution is 2.38. The molecule has 0 spiro atoms. The van der Waals surface area contributed by atoms with E-state index < -0.39 is 23.8 Å². The van der Waals surface area contributed by atoms with Crippen LogP contribution >= 0.6 is 0 Å². The third-order valence-corrected chi connectivity index (χ3v) is 7.39. The first-order valence-corrected chi connectivity index (χ1v) is 13.9. The van der Waals surface area contributed by atoms with Crippen LogP contribution in [0.2, 0.25) is 0 Å². The van der Waals surface area contributed by atoms with Crippen LogP contribution in [0.25, 0.3) is 34.3 Å². The van der Waals surface area contributed by atoms with E-state index in [1.165, 1.54) is 13.2 Å². The average Bonchev–Trinajstić information content (AvgIpc) is 3.43. The molecule has 5 aromatic rings. The molecule has 0 unspecified atom stereocenters. The largest absolute Gasteiger partial charge is 0.465 e. The predicted octanol–water partition coefficient (Wildman–Crippen LogP) is 6.57. The molecule has 0 saturated carbocycles. The molecule has 8 nitrogen and oxygen atoms in total. The fraction of sp³-hybridized carbons (Fsp3) is 0.0556. The predicted molar refractivity (Wildman–Crippen MR) is 168 cm³/mol. The smallest absolute Gasteiger partial charge is 0.337 e. The van der Waals surface area contributed by atoms with Crippen LogP contribution in [0.3, 0.4) is 0 Å². The zero-order chi connectivity index (χ0) is 30.8. The van der Waals surface area contributed by atoms with Gasteiger partial charge in [-0.25, -0.2) is 14.5 Å². The van der Waals surface area contributed by atoms with Crippen molar-refractivity contribution in [3.05, 3.63) is 138 Å². The van der Waals surface area contributed by atoms with Gasteiger partial charge in [-0.15, -0.1) is 0 Å². The number of ether oxygens (including phenoxy) is 1. The Balaban J connectivity index is 1.58. The van der Waals surface area contributed by atoms with Gasteiger partial charge in [0.15, 0.2) is 0 Å². The van der Waals surface area contributed by atoms with Gasteiger partial charge in [0.05, 0.1) is 29.7 Å². The first-order chi connectivity index (χ1) is 21.4. The van der Waals surface area contributed by atoms with E-state index in [0.29, 0.717) is 22.5 Å². The van der Waals surface area contributed by atoms with Crippen LogP contribution in [-0.2, 0) is 14.3 Å². The molecule has 4 aromatic carbocycles. The van der Waals surface area contributed by atoms with Crippen LogP contribution in [0, 0.1) is 6.92 Å². The Morgan fingerprint density at radius 1 is 0.750 bits per heavy atom. The summed E-state index contributed by atoms with van der Waals surface area (Å²) >= 11 is 0. The van der Waals surface area contributed by atoms with Crippen molar-refractivity contribution in [1.29, 1.82) is 0 Å². The van der Waals surface area contributed by atoms with Gasteiger partial charge in [-0.2, -0.15) is 0 Å². The molecule has 1 fully saturated rings. The maximum Gasteiger partial charge on any atom is 0.337 e. The second kappa shape index (κ2) is 11.7. The third kappa shape index (κ3) is 5.20. The molecule has 1 aliphatic heterocycles. The molecule has 6 rings (SSSR count). The minimum absolute atomic E-state index is 0.180. The zero-order valence-electron chi connectivity index (χ0n) is 24.0. The lowest BCUT2D eigenvalue weighted by molar-refractivity contribution is -0.122. The summed E-state index contributed by atoms with van der Waals surface area (Å²) in [5.74, 6) is -1.95. The zero-order valence-corrected chi connectivity index (χ0v) is 24.0. The molecule has 4 amide bonds. The number of aryl methyl sites for hydroxylation is 1. The first kappa shape index (κ1) is 28.1. The summed E-state index contributed by atoms with van der Waals surface area (Å²) in [6.45, 7) is 1.90. The van der Waals surface area contributed by atoms with Crippen molar-refractivity contribution in [2.45, 2.75) is 6.92 Å². The highest BCUT2D eigenvalue weighted by atomic mass is 16.5. The van der Waals surface area contributed by atoms with E-state index in [9.17, 15) is 19.2 Å². The number of carbonyl (C=O) groups excluding carboxylic acids is 4. The van der Waals surface area contributed by atoms with E-state index in [1.807, 2.05) is 90.4 Å². The van der Waals surface area contributed by atoms with Gasteiger partial charge in [0.2, 0.25) is 0 Å². The fourth-order valence-corrected chi connectivity index (χ4v) is 5.23. The van der Waals surface area contributed by atoms with Crippen LogP contribution in [0.5, 0.6) is 0 Å². The van der Waals surface area contributed by atoms with Crippen molar-refractivity contribution in [2.75, 3.05) is 12.0 Å². The van der Waals surface area contributed by atoms with Crippen molar-refractivity contribution in [3.8, 4) is 28.2 Å². The van der Waals surface area contributed by atoms with Gasteiger partial charge in [-0.3, -0.25) is 14.9 Å². The lowest BCUT2D eigenvalue weighted by Gasteiger charge is -2.26. The summed E-state index contributed by atoms with van der Waals surface area (Å²) in [6, 6.07) is 34.3. The summed E-state index contributed by atoms with van der Waals surface area (Å²) in [5.41, 5.74) is 6.09. The number of barbiturate groups is 1.